The van der Waals surface area contributed by atoms with Gasteiger partial charge in [-0.2, -0.15) is 0 Å². The van der Waals surface area contributed by atoms with Crippen molar-refractivity contribution in [3.63, 3.8) is 0 Å². The van der Waals surface area contributed by atoms with E-state index >= 15 is 0 Å². The van der Waals surface area contributed by atoms with Crippen molar-refractivity contribution in [2.75, 3.05) is 66.7 Å². The van der Waals surface area contributed by atoms with Gasteiger partial charge in [0.2, 0.25) is 0 Å². The fourth-order valence-electron chi connectivity index (χ4n) is 8.08. The van der Waals surface area contributed by atoms with Gasteiger partial charge in [-0.3, -0.25) is 9.59 Å². The lowest BCUT2D eigenvalue weighted by molar-refractivity contribution is -0.180. The summed E-state index contributed by atoms with van der Waals surface area (Å²) < 4.78 is 30.9. The quantitative estimate of drug-likeness (QED) is 0.0361. The first kappa shape index (κ1) is 61.5. The van der Waals surface area contributed by atoms with Crippen LogP contribution in [0.3, 0.4) is 0 Å². The van der Waals surface area contributed by atoms with Crippen molar-refractivity contribution < 1.29 is 33.3 Å². The fourth-order valence-corrected chi connectivity index (χ4v) is 8.31. The summed E-state index contributed by atoms with van der Waals surface area (Å²) in [6, 6.07) is 0. The molecule has 1 rings (SSSR count). The minimum Gasteiger partial charge on any atom is -0.464 e. The van der Waals surface area contributed by atoms with Gasteiger partial charge < -0.3 is 38.8 Å². The smallest absolute Gasteiger partial charge is 0.325 e. The zero-order valence-electron chi connectivity index (χ0n) is 43.1. The van der Waals surface area contributed by atoms with Gasteiger partial charge in [0.1, 0.15) is 13.1 Å². The molecule has 0 aromatic heterocycles. The van der Waals surface area contributed by atoms with Gasteiger partial charge in [-0.05, 0) is 116 Å². The maximum Gasteiger partial charge on any atom is 0.325 e. The van der Waals surface area contributed by atoms with Crippen LogP contribution in [-0.4, -0.2) is 111 Å². The third-order valence-electron chi connectivity index (χ3n) is 12.1. The minimum absolute atomic E-state index is 0.0415. The second-order valence-electron chi connectivity index (χ2n) is 18.7. The van der Waals surface area contributed by atoms with Gasteiger partial charge in [0.15, 0.2) is 10.9 Å². The van der Waals surface area contributed by atoms with Crippen molar-refractivity contribution in [2.45, 2.75) is 246 Å². The zero-order valence-corrected chi connectivity index (χ0v) is 43.9. The maximum absolute atomic E-state index is 13.0. The molecule has 63 heavy (non-hydrogen) atoms. The molecule has 0 aromatic carbocycles. The Morgan fingerprint density at radius 2 is 1.24 bits per heavy atom. The lowest BCUT2D eigenvalue weighted by atomic mass is 9.91. The molecule has 0 bridgehead atoms. The highest BCUT2D eigenvalue weighted by atomic mass is 32.1. The van der Waals surface area contributed by atoms with Crippen molar-refractivity contribution in [3.8, 4) is 0 Å². The number of nitrogens with one attached hydrogen (secondary N) is 1. The van der Waals surface area contributed by atoms with Crippen molar-refractivity contribution in [1.29, 1.82) is 0 Å². The van der Waals surface area contributed by atoms with E-state index in [2.05, 4.69) is 51.8 Å². The number of ether oxygens (including phenoxy) is 5. The predicted molar refractivity (Wildman–Crippen MR) is 268 cm³/mol. The zero-order chi connectivity index (χ0) is 47.0. The van der Waals surface area contributed by atoms with Crippen molar-refractivity contribution in [1.82, 2.24) is 15.1 Å². The van der Waals surface area contributed by atoms with E-state index in [0.29, 0.717) is 37.4 Å². The number of rotatable bonds is 41. The Hall–Kier alpha value is -1.53. The van der Waals surface area contributed by atoms with E-state index in [1.54, 1.807) is 4.90 Å². The van der Waals surface area contributed by atoms with Crippen LogP contribution in [0.25, 0.3) is 0 Å². The number of hydrogen-bond donors (Lipinski definition) is 1. The van der Waals surface area contributed by atoms with Crippen LogP contribution < -0.4 is 5.32 Å². The Kier molecular flexibility index (Phi) is 39.7. The minimum atomic E-state index is -0.432. The molecule has 374 valence electrons. The highest BCUT2D eigenvalue weighted by Crippen LogP contribution is 2.36. The van der Waals surface area contributed by atoms with Crippen LogP contribution in [0.5, 0.6) is 0 Å². The number of unbranched alkanes of at least 4 members (excludes halogenated alkanes) is 14. The molecule has 0 amide bonds. The molecule has 10 nitrogen and oxygen atoms in total. The number of thiocarbonyl (C=S) groups is 1. The molecule has 0 radical (unpaired) electrons. The Labute approximate surface area is 395 Å². The van der Waals surface area contributed by atoms with Crippen LogP contribution in [0.2, 0.25) is 0 Å². The fraction of sp³-hybridized carbons (Fsp3) is 0.942. The second-order valence-corrected chi connectivity index (χ2v) is 19.1. The van der Waals surface area contributed by atoms with Crippen LogP contribution in [0.1, 0.15) is 229 Å². The first-order chi connectivity index (χ1) is 30.4. The lowest BCUT2D eigenvalue weighted by Gasteiger charge is -2.32. The third-order valence-corrected chi connectivity index (χ3v) is 12.5. The normalized spacial score (nSPS) is 15.2. The van der Waals surface area contributed by atoms with Crippen LogP contribution in [0.15, 0.2) is 0 Å². The van der Waals surface area contributed by atoms with Gasteiger partial charge in [-0.1, -0.05) is 138 Å². The standard InChI is InChI=1S/C50H97N3O7S.C2H6/c1-9-13-17-23-32-49(6,33-24-18-14-10-2)58-42-44(5)30-21-27-38-56-46(54)40-53(48(61)51-36-29-37-52(7)8)41-47(55)57-39-28-22-31-45-43-59-50(60-45,34-25-19-15-11-3)35-26-20-16-12-4;1-2/h44-45H,9-43H2,1-8H3,(H,51,61);1-2H3. The van der Waals surface area contributed by atoms with Gasteiger partial charge in [0.25, 0.3) is 0 Å². The molecule has 1 aliphatic heterocycles. The highest BCUT2D eigenvalue weighted by Gasteiger charge is 2.40. The molecule has 0 saturated carbocycles. The Bertz CT molecular complexity index is 1070. The van der Waals surface area contributed by atoms with E-state index in [4.69, 9.17) is 35.9 Å². The number of esters is 2. The summed E-state index contributed by atoms with van der Waals surface area (Å²) in [5.41, 5.74) is -0.0415. The molecule has 0 spiro atoms. The molecular formula is C52H103N3O7S. The summed E-state index contributed by atoms with van der Waals surface area (Å²) in [6.45, 7) is 21.0. The van der Waals surface area contributed by atoms with Gasteiger partial charge in [0.05, 0.1) is 31.5 Å². The van der Waals surface area contributed by atoms with Crippen LogP contribution in [0.4, 0.5) is 0 Å². The monoisotopic (exact) mass is 914 g/mol. The molecule has 1 fully saturated rings. The van der Waals surface area contributed by atoms with Gasteiger partial charge >= 0.3 is 11.9 Å². The van der Waals surface area contributed by atoms with Crippen molar-refractivity contribution in [3.05, 3.63) is 0 Å². The lowest BCUT2D eigenvalue weighted by Crippen LogP contribution is -2.46. The van der Waals surface area contributed by atoms with Crippen molar-refractivity contribution in [2.24, 2.45) is 5.92 Å². The average molecular weight is 914 g/mol. The van der Waals surface area contributed by atoms with E-state index in [1.807, 2.05) is 27.9 Å². The topological polar surface area (TPSA) is 98.8 Å². The summed E-state index contributed by atoms with van der Waals surface area (Å²) in [7, 11) is 4.06. The average Bonchev–Trinajstić information content (AvgIpc) is 3.67. The van der Waals surface area contributed by atoms with Crippen molar-refractivity contribution >= 4 is 29.3 Å². The van der Waals surface area contributed by atoms with E-state index in [1.165, 1.54) is 89.9 Å². The summed E-state index contributed by atoms with van der Waals surface area (Å²) in [5, 5.41) is 3.58. The second kappa shape index (κ2) is 40.7. The Morgan fingerprint density at radius 1 is 0.730 bits per heavy atom. The summed E-state index contributed by atoms with van der Waals surface area (Å²) >= 11 is 5.66. The Morgan fingerprint density at radius 3 is 1.75 bits per heavy atom. The summed E-state index contributed by atoms with van der Waals surface area (Å²) in [6.07, 6.45) is 30.3. The van der Waals surface area contributed by atoms with Gasteiger partial charge in [-0.25, -0.2) is 0 Å². The molecule has 0 aliphatic carbocycles. The van der Waals surface area contributed by atoms with E-state index in [-0.39, 0.29) is 24.8 Å². The molecule has 2 unspecified atom stereocenters. The maximum atomic E-state index is 13.0. The summed E-state index contributed by atoms with van der Waals surface area (Å²) in [5.74, 6) is -0.787. The molecule has 2 atom stereocenters. The molecule has 11 heteroatoms. The first-order valence-electron chi connectivity index (χ1n) is 26.4. The molecule has 1 N–H and O–H groups in total. The molecule has 1 saturated heterocycles. The number of carbonyl (C=O) groups is 2. The van der Waals surface area contributed by atoms with E-state index < -0.39 is 17.7 Å². The van der Waals surface area contributed by atoms with E-state index in [0.717, 1.165) is 96.6 Å². The Balaban J connectivity index is 0.0000189. The van der Waals surface area contributed by atoms with Crippen LogP contribution in [0, 0.1) is 5.92 Å². The molecular weight excluding hydrogens is 811 g/mol. The highest BCUT2D eigenvalue weighted by molar-refractivity contribution is 7.80. The number of nitrogens with zero attached hydrogens (tertiary/aromatic N) is 2. The largest absolute Gasteiger partial charge is 0.464 e. The van der Waals surface area contributed by atoms with Gasteiger partial charge in [-0.15, -0.1) is 0 Å². The van der Waals surface area contributed by atoms with Crippen LogP contribution >= 0.6 is 12.2 Å². The van der Waals surface area contributed by atoms with Gasteiger partial charge in [0, 0.05) is 26.0 Å². The van der Waals surface area contributed by atoms with Crippen LogP contribution in [-0.2, 0) is 33.3 Å². The SMILES string of the molecule is CC.CCCCCCC(C)(CCCCCC)OCC(C)CCCCOC(=O)CN(CC(=O)OCCCCC1COC(CCCCCC)(CCCCCC)O1)C(=S)NCCCN(C)C. The number of carbonyl (C=O) groups excluding carboxylic acids is 2. The number of hydrogen-bond acceptors (Lipinski definition) is 9. The molecule has 1 heterocycles. The molecule has 0 aromatic rings. The predicted octanol–water partition coefficient (Wildman–Crippen LogP) is 13.0. The first-order valence-corrected chi connectivity index (χ1v) is 26.8. The third kappa shape index (κ3) is 33.6. The molecule has 1 aliphatic rings. The van der Waals surface area contributed by atoms with E-state index in [9.17, 15) is 9.59 Å². The summed E-state index contributed by atoms with van der Waals surface area (Å²) in [4.78, 5) is 29.7.